The maximum Gasteiger partial charge on any atom is 0.372 e. The highest BCUT2D eigenvalue weighted by atomic mass is 35.5. The number of rotatable bonds is 4. The number of hydrogen-bond acceptors (Lipinski definition) is 2. The van der Waals surface area contributed by atoms with Gasteiger partial charge in [0.1, 0.15) is 0 Å². The SMILES string of the molecule is Clc1nc(-c2ccccc2)[nH+]c(-c2cc(-c3ccccc3)cc(-c3ccccc3)c2)n1. The van der Waals surface area contributed by atoms with Crippen LogP contribution in [-0.4, -0.2) is 9.97 Å². The van der Waals surface area contributed by atoms with Gasteiger partial charge < -0.3 is 0 Å². The third-order valence-electron chi connectivity index (χ3n) is 5.11. The molecule has 0 unspecified atom stereocenters. The smallest absolute Gasteiger partial charge is 0.240 e. The van der Waals surface area contributed by atoms with Gasteiger partial charge in [-0.25, -0.2) is 4.98 Å². The van der Waals surface area contributed by atoms with Gasteiger partial charge in [-0.3, -0.25) is 0 Å². The summed E-state index contributed by atoms with van der Waals surface area (Å²) in [7, 11) is 0. The van der Waals surface area contributed by atoms with Crippen molar-refractivity contribution >= 4 is 11.6 Å². The van der Waals surface area contributed by atoms with Crippen molar-refractivity contribution in [3.8, 4) is 45.0 Å². The van der Waals surface area contributed by atoms with Crippen LogP contribution >= 0.6 is 11.6 Å². The van der Waals surface area contributed by atoms with Crippen molar-refractivity contribution in [3.63, 3.8) is 0 Å². The molecule has 0 saturated carbocycles. The first-order valence-electron chi connectivity index (χ1n) is 10.0. The number of aromatic amines is 1. The molecular weight excluding hydrogens is 402 g/mol. The van der Waals surface area contributed by atoms with Crippen molar-refractivity contribution < 1.29 is 4.98 Å². The zero-order valence-electron chi connectivity index (χ0n) is 16.7. The molecule has 0 aliphatic heterocycles. The molecule has 4 aromatic carbocycles. The summed E-state index contributed by atoms with van der Waals surface area (Å²) in [4.78, 5) is 12.3. The summed E-state index contributed by atoms with van der Waals surface area (Å²) in [6.45, 7) is 0. The molecule has 31 heavy (non-hydrogen) atoms. The fourth-order valence-electron chi connectivity index (χ4n) is 3.61. The van der Waals surface area contributed by atoms with Crippen LogP contribution in [0.3, 0.4) is 0 Å². The molecule has 148 valence electrons. The summed E-state index contributed by atoms with van der Waals surface area (Å²) in [5, 5.41) is 0.207. The van der Waals surface area contributed by atoms with Crippen molar-refractivity contribution in [2.45, 2.75) is 0 Å². The van der Waals surface area contributed by atoms with Gasteiger partial charge in [-0.15, -0.1) is 0 Å². The highest BCUT2D eigenvalue weighted by Crippen LogP contribution is 2.31. The maximum atomic E-state index is 6.32. The Balaban J connectivity index is 1.70. The fraction of sp³-hybridized carbons (Fsp3) is 0. The molecular formula is C27H19ClN3+. The molecule has 0 aliphatic carbocycles. The van der Waals surface area contributed by atoms with Gasteiger partial charge in [0.2, 0.25) is 0 Å². The highest BCUT2D eigenvalue weighted by Gasteiger charge is 2.18. The molecule has 0 bridgehead atoms. The molecule has 4 heteroatoms. The van der Waals surface area contributed by atoms with Gasteiger partial charge >= 0.3 is 5.28 Å². The van der Waals surface area contributed by atoms with Gasteiger partial charge in [0.25, 0.3) is 11.6 Å². The topological polar surface area (TPSA) is 39.9 Å². The second-order valence-electron chi connectivity index (χ2n) is 7.21. The van der Waals surface area contributed by atoms with Gasteiger partial charge in [0.05, 0.1) is 11.1 Å². The molecule has 5 aromatic rings. The Kier molecular flexibility index (Phi) is 5.26. The van der Waals surface area contributed by atoms with Crippen molar-refractivity contribution in [1.29, 1.82) is 0 Å². The van der Waals surface area contributed by atoms with Crippen LogP contribution in [0.15, 0.2) is 109 Å². The molecule has 3 nitrogen and oxygen atoms in total. The first-order chi connectivity index (χ1) is 15.3. The zero-order valence-corrected chi connectivity index (χ0v) is 17.4. The van der Waals surface area contributed by atoms with Gasteiger partial charge in [-0.1, -0.05) is 88.8 Å². The first-order valence-corrected chi connectivity index (χ1v) is 10.4. The first kappa shape index (κ1) is 19.2. The van der Waals surface area contributed by atoms with E-state index in [2.05, 4.69) is 57.4 Å². The average Bonchev–Trinajstić information content (AvgIpc) is 2.85. The summed E-state index contributed by atoms with van der Waals surface area (Å²) in [6.07, 6.45) is 0. The summed E-state index contributed by atoms with van der Waals surface area (Å²) >= 11 is 6.32. The molecule has 5 rings (SSSR count). The normalized spacial score (nSPS) is 10.7. The zero-order chi connectivity index (χ0) is 21.0. The Hall–Kier alpha value is -3.82. The third kappa shape index (κ3) is 4.23. The Morgan fingerprint density at radius 3 is 1.32 bits per heavy atom. The molecule has 0 atom stereocenters. The molecule has 0 saturated heterocycles. The molecule has 1 aromatic heterocycles. The second kappa shape index (κ2) is 8.50. The van der Waals surface area contributed by atoms with E-state index in [1.807, 2.05) is 66.7 Å². The highest BCUT2D eigenvalue weighted by molar-refractivity contribution is 6.28. The summed E-state index contributed by atoms with van der Waals surface area (Å²) in [5.41, 5.74) is 6.41. The van der Waals surface area contributed by atoms with E-state index in [9.17, 15) is 0 Å². The van der Waals surface area contributed by atoms with Crippen LogP contribution in [0.25, 0.3) is 45.0 Å². The molecule has 0 radical (unpaired) electrons. The number of H-pyrrole nitrogens is 1. The van der Waals surface area contributed by atoms with E-state index >= 15 is 0 Å². The molecule has 0 fully saturated rings. The molecule has 0 amide bonds. The third-order valence-corrected chi connectivity index (χ3v) is 5.28. The van der Waals surface area contributed by atoms with E-state index in [1.165, 1.54) is 0 Å². The second-order valence-corrected chi connectivity index (χ2v) is 7.55. The molecule has 0 spiro atoms. The average molecular weight is 421 g/mol. The van der Waals surface area contributed by atoms with Crippen LogP contribution in [0.4, 0.5) is 0 Å². The van der Waals surface area contributed by atoms with Crippen LogP contribution in [0.2, 0.25) is 5.28 Å². The lowest BCUT2D eigenvalue weighted by Gasteiger charge is -2.09. The number of aromatic nitrogens is 3. The number of benzene rings is 4. The lowest BCUT2D eigenvalue weighted by Crippen LogP contribution is -2.16. The van der Waals surface area contributed by atoms with Gasteiger partial charge in [0.15, 0.2) is 0 Å². The van der Waals surface area contributed by atoms with Crippen LogP contribution < -0.4 is 4.98 Å². The quantitative estimate of drug-likeness (QED) is 0.328. The summed E-state index contributed by atoms with van der Waals surface area (Å²) < 4.78 is 0. The Morgan fingerprint density at radius 2 is 0.839 bits per heavy atom. The Morgan fingerprint density at radius 1 is 0.452 bits per heavy atom. The molecule has 1 heterocycles. The van der Waals surface area contributed by atoms with Crippen molar-refractivity contribution in [1.82, 2.24) is 9.97 Å². The van der Waals surface area contributed by atoms with E-state index in [4.69, 9.17) is 11.6 Å². The van der Waals surface area contributed by atoms with E-state index in [-0.39, 0.29) is 5.28 Å². The van der Waals surface area contributed by atoms with E-state index in [1.54, 1.807) is 0 Å². The van der Waals surface area contributed by atoms with Crippen LogP contribution in [-0.2, 0) is 0 Å². The minimum Gasteiger partial charge on any atom is -0.240 e. The Bertz CT molecular complexity index is 1260. The van der Waals surface area contributed by atoms with Crippen molar-refractivity contribution in [2.75, 3.05) is 0 Å². The lowest BCUT2D eigenvalue weighted by molar-refractivity contribution is -0.359. The minimum absolute atomic E-state index is 0.207. The standard InChI is InChI=1S/C27H18ClN3/c28-27-30-25(21-14-8-3-9-15-21)29-26(31-27)24-17-22(19-10-4-1-5-11-19)16-23(18-24)20-12-6-2-7-13-20/h1-18H/p+1. The summed E-state index contributed by atoms with van der Waals surface area (Å²) in [5.74, 6) is 1.36. The van der Waals surface area contributed by atoms with E-state index < -0.39 is 0 Å². The number of hydrogen-bond donors (Lipinski definition) is 0. The maximum absolute atomic E-state index is 6.32. The predicted octanol–water partition coefficient (Wildman–Crippen LogP) is 6.61. The number of nitrogens with one attached hydrogen (secondary N) is 1. The Labute approximate surface area is 186 Å². The molecule has 1 N–H and O–H groups in total. The van der Waals surface area contributed by atoms with Gasteiger partial charge in [-0.05, 0) is 64.2 Å². The number of nitrogens with zero attached hydrogens (tertiary/aromatic N) is 2. The van der Waals surface area contributed by atoms with Gasteiger partial charge in [-0.2, -0.15) is 0 Å². The van der Waals surface area contributed by atoms with Crippen LogP contribution in [0, 0.1) is 0 Å². The lowest BCUT2D eigenvalue weighted by atomic mass is 9.96. The van der Waals surface area contributed by atoms with Crippen molar-refractivity contribution in [3.05, 3.63) is 114 Å². The summed E-state index contributed by atoms with van der Waals surface area (Å²) in [6, 6.07) is 37.1. The van der Waals surface area contributed by atoms with Crippen LogP contribution in [0.1, 0.15) is 0 Å². The van der Waals surface area contributed by atoms with E-state index in [0.29, 0.717) is 11.6 Å². The minimum atomic E-state index is 0.207. The van der Waals surface area contributed by atoms with Gasteiger partial charge in [0, 0.05) is 0 Å². The molecule has 0 aliphatic rings. The van der Waals surface area contributed by atoms with E-state index in [0.717, 1.165) is 33.4 Å². The largest absolute Gasteiger partial charge is 0.372 e. The fourth-order valence-corrected chi connectivity index (χ4v) is 3.77. The predicted molar refractivity (Wildman–Crippen MR) is 125 cm³/mol. The number of halogens is 1. The monoisotopic (exact) mass is 420 g/mol. The van der Waals surface area contributed by atoms with Crippen molar-refractivity contribution in [2.24, 2.45) is 0 Å². The van der Waals surface area contributed by atoms with Crippen LogP contribution in [0.5, 0.6) is 0 Å².